The highest BCUT2D eigenvalue weighted by Crippen LogP contribution is 2.25. The molecule has 0 aliphatic carbocycles. The normalized spacial score (nSPS) is 11.9. The summed E-state index contributed by atoms with van der Waals surface area (Å²) in [7, 11) is 0. The molecule has 1 N–H and O–H groups in total. The van der Waals surface area contributed by atoms with E-state index in [1.54, 1.807) is 6.92 Å². The lowest BCUT2D eigenvalue weighted by atomic mass is 10.1. The largest absolute Gasteiger partial charge is 0.480 e. The highest BCUT2D eigenvalue weighted by atomic mass is 16.5. The molecular formula is C22H23NO2. The third-order valence-corrected chi connectivity index (χ3v) is 4.21. The number of rotatable bonds is 7. The van der Waals surface area contributed by atoms with Crippen LogP contribution in [0.25, 0.3) is 10.8 Å². The molecule has 0 aliphatic heterocycles. The molecule has 3 aromatic carbocycles. The molecule has 0 radical (unpaired) electrons. The number of aryl methyl sites for hydroxylation is 1. The van der Waals surface area contributed by atoms with Crippen molar-refractivity contribution < 1.29 is 9.53 Å². The van der Waals surface area contributed by atoms with Crippen LogP contribution in [0.5, 0.6) is 5.75 Å². The Morgan fingerprint density at radius 2 is 1.68 bits per heavy atom. The first-order chi connectivity index (χ1) is 12.2. The molecule has 25 heavy (non-hydrogen) atoms. The summed E-state index contributed by atoms with van der Waals surface area (Å²) in [6.07, 6.45) is 1.35. The number of fused-ring (bicyclic) bond motifs is 1. The first-order valence-corrected chi connectivity index (χ1v) is 8.70. The van der Waals surface area contributed by atoms with E-state index < -0.39 is 6.10 Å². The van der Waals surface area contributed by atoms with Crippen molar-refractivity contribution in [2.75, 3.05) is 6.54 Å². The maximum absolute atomic E-state index is 12.3. The van der Waals surface area contributed by atoms with Crippen molar-refractivity contribution in [3.05, 3.63) is 78.4 Å². The molecule has 0 aliphatic rings. The highest BCUT2D eigenvalue weighted by Gasteiger charge is 2.15. The number of nitrogens with one attached hydrogen (secondary N) is 1. The summed E-state index contributed by atoms with van der Waals surface area (Å²) in [5.74, 6) is 0.658. The van der Waals surface area contributed by atoms with Crippen LogP contribution in [0.15, 0.2) is 72.8 Å². The van der Waals surface area contributed by atoms with Crippen LogP contribution >= 0.6 is 0 Å². The fraction of sp³-hybridized carbons (Fsp3) is 0.227. The van der Waals surface area contributed by atoms with Crippen LogP contribution in [0, 0.1) is 0 Å². The maximum atomic E-state index is 12.3. The lowest BCUT2D eigenvalue weighted by Crippen LogP contribution is -2.37. The Morgan fingerprint density at radius 3 is 2.52 bits per heavy atom. The molecule has 0 saturated heterocycles. The lowest BCUT2D eigenvalue weighted by molar-refractivity contribution is -0.127. The fourth-order valence-corrected chi connectivity index (χ4v) is 2.83. The Hall–Kier alpha value is -2.81. The van der Waals surface area contributed by atoms with E-state index in [0.29, 0.717) is 6.54 Å². The zero-order valence-electron chi connectivity index (χ0n) is 14.4. The van der Waals surface area contributed by atoms with Crippen LogP contribution in [0.1, 0.15) is 18.9 Å². The van der Waals surface area contributed by atoms with Crippen molar-refractivity contribution >= 4 is 16.7 Å². The standard InChI is InChI=1S/C22H23NO2/c1-17(22(24)23-16-8-11-18-9-3-2-4-10-18)25-21-15-7-13-19-12-5-6-14-20(19)21/h2-7,9-10,12-15,17H,8,11,16H2,1H3,(H,23,24). The molecule has 3 aromatic rings. The molecule has 3 rings (SSSR count). The van der Waals surface area contributed by atoms with Gasteiger partial charge in [0.05, 0.1) is 0 Å². The maximum Gasteiger partial charge on any atom is 0.260 e. The average molecular weight is 333 g/mol. The van der Waals surface area contributed by atoms with E-state index in [4.69, 9.17) is 4.74 Å². The minimum atomic E-state index is -0.525. The SMILES string of the molecule is CC(Oc1cccc2ccccc12)C(=O)NCCCc1ccccc1. The van der Waals surface area contributed by atoms with Crippen molar-refractivity contribution in [3.8, 4) is 5.75 Å². The molecule has 0 fully saturated rings. The van der Waals surface area contributed by atoms with Gasteiger partial charge in [-0.05, 0) is 36.8 Å². The zero-order chi connectivity index (χ0) is 17.5. The average Bonchev–Trinajstić information content (AvgIpc) is 2.66. The van der Waals surface area contributed by atoms with Crippen molar-refractivity contribution in [3.63, 3.8) is 0 Å². The fourth-order valence-electron chi connectivity index (χ4n) is 2.83. The summed E-state index contributed by atoms with van der Waals surface area (Å²) < 4.78 is 5.89. The minimum absolute atomic E-state index is 0.0824. The van der Waals surface area contributed by atoms with Crippen LogP contribution < -0.4 is 10.1 Å². The quantitative estimate of drug-likeness (QED) is 0.653. The van der Waals surface area contributed by atoms with Crippen LogP contribution in [0.2, 0.25) is 0 Å². The van der Waals surface area contributed by atoms with Gasteiger partial charge >= 0.3 is 0 Å². The van der Waals surface area contributed by atoms with Crippen LogP contribution in [-0.4, -0.2) is 18.6 Å². The lowest BCUT2D eigenvalue weighted by Gasteiger charge is -2.16. The molecule has 3 heteroatoms. The number of benzene rings is 3. The Kier molecular flexibility index (Phi) is 5.68. The molecule has 128 valence electrons. The third-order valence-electron chi connectivity index (χ3n) is 4.21. The number of hydrogen-bond donors (Lipinski definition) is 1. The summed E-state index contributed by atoms with van der Waals surface area (Å²) in [5.41, 5.74) is 1.29. The van der Waals surface area contributed by atoms with E-state index in [1.807, 2.05) is 60.7 Å². The van der Waals surface area contributed by atoms with E-state index in [-0.39, 0.29) is 5.91 Å². The van der Waals surface area contributed by atoms with Gasteiger partial charge in [0.1, 0.15) is 5.75 Å². The smallest absolute Gasteiger partial charge is 0.260 e. The molecule has 0 bridgehead atoms. The Bertz CT molecular complexity index is 824. The molecule has 0 aromatic heterocycles. The summed E-state index contributed by atoms with van der Waals surface area (Å²) in [5, 5.41) is 5.09. The second-order valence-corrected chi connectivity index (χ2v) is 6.12. The predicted molar refractivity (Wildman–Crippen MR) is 102 cm³/mol. The number of carbonyl (C=O) groups is 1. The van der Waals surface area contributed by atoms with E-state index in [1.165, 1.54) is 5.56 Å². The van der Waals surface area contributed by atoms with Gasteiger partial charge < -0.3 is 10.1 Å². The van der Waals surface area contributed by atoms with Crippen molar-refractivity contribution in [1.82, 2.24) is 5.32 Å². The first-order valence-electron chi connectivity index (χ1n) is 8.70. The second-order valence-electron chi connectivity index (χ2n) is 6.12. The second kappa shape index (κ2) is 8.34. The van der Waals surface area contributed by atoms with E-state index in [9.17, 15) is 4.79 Å². The molecule has 1 atom stereocenters. The summed E-state index contributed by atoms with van der Waals surface area (Å²) in [6, 6.07) is 24.2. The predicted octanol–water partition coefficient (Wildman–Crippen LogP) is 4.36. The highest BCUT2D eigenvalue weighted by molar-refractivity contribution is 5.89. The van der Waals surface area contributed by atoms with Gasteiger partial charge in [0.25, 0.3) is 5.91 Å². The van der Waals surface area contributed by atoms with Crippen LogP contribution in [0.4, 0.5) is 0 Å². The minimum Gasteiger partial charge on any atom is -0.480 e. The van der Waals surface area contributed by atoms with Crippen molar-refractivity contribution in [1.29, 1.82) is 0 Å². The van der Waals surface area contributed by atoms with Crippen molar-refractivity contribution in [2.45, 2.75) is 25.9 Å². The van der Waals surface area contributed by atoms with E-state index in [2.05, 4.69) is 17.4 Å². The number of hydrogen-bond acceptors (Lipinski definition) is 2. The molecule has 1 amide bonds. The van der Waals surface area contributed by atoms with Gasteiger partial charge in [-0.25, -0.2) is 0 Å². The van der Waals surface area contributed by atoms with Crippen molar-refractivity contribution in [2.24, 2.45) is 0 Å². The molecular weight excluding hydrogens is 310 g/mol. The molecule has 0 saturated carbocycles. The van der Waals surface area contributed by atoms with E-state index in [0.717, 1.165) is 29.4 Å². The number of carbonyl (C=O) groups excluding carboxylic acids is 1. The molecule has 0 heterocycles. The topological polar surface area (TPSA) is 38.3 Å². The molecule has 3 nitrogen and oxygen atoms in total. The Labute approximate surface area is 148 Å². The zero-order valence-corrected chi connectivity index (χ0v) is 14.4. The summed E-state index contributed by atoms with van der Waals surface area (Å²) in [4.78, 5) is 12.3. The first kappa shape index (κ1) is 17.0. The molecule has 1 unspecified atom stereocenters. The van der Waals surface area contributed by atoms with E-state index >= 15 is 0 Å². The van der Waals surface area contributed by atoms with Gasteiger partial charge in [-0.3, -0.25) is 4.79 Å². The van der Waals surface area contributed by atoms with Gasteiger partial charge in [0.15, 0.2) is 6.10 Å². The number of ether oxygens (including phenoxy) is 1. The third kappa shape index (κ3) is 4.60. The van der Waals surface area contributed by atoms with Crippen LogP contribution in [0.3, 0.4) is 0 Å². The van der Waals surface area contributed by atoms with Gasteiger partial charge in [-0.1, -0.05) is 66.7 Å². The van der Waals surface area contributed by atoms with Gasteiger partial charge in [0, 0.05) is 11.9 Å². The summed E-state index contributed by atoms with van der Waals surface area (Å²) >= 11 is 0. The van der Waals surface area contributed by atoms with Gasteiger partial charge in [0.2, 0.25) is 0 Å². The molecule has 0 spiro atoms. The Balaban J connectivity index is 1.50. The Morgan fingerprint density at radius 1 is 0.960 bits per heavy atom. The van der Waals surface area contributed by atoms with Gasteiger partial charge in [-0.2, -0.15) is 0 Å². The number of amides is 1. The monoisotopic (exact) mass is 333 g/mol. The van der Waals surface area contributed by atoms with Gasteiger partial charge in [-0.15, -0.1) is 0 Å². The van der Waals surface area contributed by atoms with Crippen LogP contribution in [-0.2, 0) is 11.2 Å². The summed E-state index contributed by atoms with van der Waals surface area (Å²) in [6.45, 7) is 2.44.